The monoisotopic (exact) mass is 268 g/mol. The maximum atomic E-state index is 5.87. The molecular formula is C10H9BrN2O2. The Labute approximate surface area is 95.1 Å². The van der Waals surface area contributed by atoms with Crippen LogP contribution in [-0.4, -0.2) is 12.3 Å². The number of aromatic nitrogens is 1. The van der Waals surface area contributed by atoms with Crippen molar-refractivity contribution in [3.63, 3.8) is 0 Å². The van der Waals surface area contributed by atoms with E-state index in [0.29, 0.717) is 17.1 Å². The van der Waals surface area contributed by atoms with Crippen LogP contribution >= 0.6 is 15.9 Å². The standard InChI is InChI=1S/C10H9BrN2O2/c1-14-10-6(11)2-3-7(12)9(10)8-4-5-15-13-8/h2-5H,12H2,1H3. The number of anilines is 1. The van der Waals surface area contributed by atoms with Gasteiger partial charge < -0.3 is 15.0 Å². The minimum atomic E-state index is 0.601. The first-order chi connectivity index (χ1) is 7.24. The molecule has 78 valence electrons. The molecular weight excluding hydrogens is 260 g/mol. The molecule has 5 heteroatoms. The lowest BCUT2D eigenvalue weighted by Gasteiger charge is -2.10. The van der Waals surface area contributed by atoms with Crippen molar-refractivity contribution >= 4 is 21.6 Å². The molecule has 0 saturated carbocycles. The fourth-order valence-corrected chi connectivity index (χ4v) is 1.87. The normalized spacial score (nSPS) is 10.3. The Hall–Kier alpha value is -1.49. The Morgan fingerprint density at radius 3 is 2.80 bits per heavy atom. The van der Waals surface area contributed by atoms with E-state index in [0.717, 1.165) is 10.0 Å². The Morgan fingerprint density at radius 1 is 1.40 bits per heavy atom. The zero-order valence-corrected chi connectivity index (χ0v) is 9.61. The van der Waals surface area contributed by atoms with E-state index in [1.54, 1.807) is 19.2 Å². The van der Waals surface area contributed by atoms with E-state index in [-0.39, 0.29) is 0 Å². The average Bonchev–Trinajstić information content (AvgIpc) is 2.74. The molecule has 0 amide bonds. The van der Waals surface area contributed by atoms with Crippen molar-refractivity contribution < 1.29 is 9.26 Å². The predicted molar refractivity (Wildman–Crippen MR) is 60.6 cm³/mol. The van der Waals surface area contributed by atoms with Crippen LogP contribution in [0.15, 0.2) is 33.5 Å². The van der Waals surface area contributed by atoms with Gasteiger partial charge in [-0.25, -0.2) is 0 Å². The molecule has 0 atom stereocenters. The molecule has 0 saturated heterocycles. The summed E-state index contributed by atoms with van der Waals surface area (Å²) in [6.45, 7) is 0. The number of hydrogen-bond donors (Lipinski definition) is 1. The number of nitrogens with two attached hydrogens (primary N) is 1. The first-order valence-electron chi connectivity index (χ1n) is 4.26. The summed E-state index contributed by atoms with van der Waals surface area (Å²) in [5.74, 6) is 0.656. The quantitative estimate of drug-likeness (QED) is 0.851. The molecule has 0 aliphatic heterocycles. The third-order valence-electron chi connectivity index (χ3n) is 2.04. The highest BCUT2D eigenvalue weighted by Crippen LogP contribution is 2.39. The number of rotatable bonds is 2. The lowest BCUT2D eigenvalue weighted by Crippen LogP contribution is -1.95. The number of halogens is 1. The van der Waals surface area contributed by atoms with E-state index in [1.165, 1.54) is 6.26 Å². The van der Waals surface area contributed by atoms with Crippen molar-refractivity contribution in [3.05, 3.63) is 28.9 Å². The van der Waals surface area contributed by atoms with E-state index in [2.05, 4.69) is 21.1 Å². The predicted octanol–water partition coefficient (Wildman–Crippen LogP) is 2.69. The fraction of sp³-hybridized carbons (Fsp3) is 0.100. The van der Waals surface area contributed by atoms with Crippen molar-refractivity contribution in [2.75, 3.05) is 12.8 Å². The number of nitrogen functional groups attached to an aromatic ring is 1. The summed E-state index contributed by atoms with van der Waals surface area (Å²) < 4.78 is 10.9. The first-order valence-corrected chi connectivity index (χ1v) is 5.06. The summed E-state index contributed by atoms with van der Waals surface area (Å²) in [5.41, 5.74) is 7.87. The number of methoxy groups -OCH3 is 1. The Bertz CT molecular complexity index is 469. The fourth-order valence-electron chi connectivity index (χ4n) is 1.38. The van der Waals surface area contributed by atoms with Gasteiger partial charge in [-0.2, -0.15) is 0 Å². The minimum absolute atomic E-state index is 0.601. The van der Waals surface area contributed by atoms with Gasteiger partial charge in [0.2, 0.25) is 0 Å². The zero-order chi connectivity index (χ0) is 10.8. The molecule has 0 unspecified atom stereocenters. The molecule has 4 nitrogen and oxygen atoms in total. The van der Waals surface area contributed by atoms with Crippen LogP contribution in [0, 0.1) is 0 Å². The molecule has 1 aromatic heterocycles. The molecule has 2 aromatic rings. The Kier molecular flexibility index (Phi) is 2.64. The van der Waals surface area contributed by atoms with Gasteiger partial charge in [0.1, 0.15) is 17.7 Å². The second-order valence-corrected chi connectivity index (χ2v) is 3.78. The van der Waals surface area contributed by atoms with Crippen LogP contribution in [0.2, 0.25) is 0 Å². The molecule has 0 aliphatic carbocycles. The molecule has 0 spiro atoms. The number of ether oxygens (including phenoxy) is 1. The second kappa shape index (κ2) is 3.94. The van der Waals surface area contributed by atoms with E-state index in [9.17, 15) is 0 Å². The van der Waals surface area contributed by atoms with Crippen molar-refractivity contribution in [1.29, 1.82) is 0 Å². The van der Waals surface area contributed by atoms with Crippen LogP contribution < -0.4 is 10.5 Å². The van der Waals surface area contributed by atoms with Gasteiger partial charge in [-0.3, -0.25) is 0 Å². The summed E-state index contributed by atoms with van der Waals surface area (Å²) >= 11 is 3.39. The molecule has 2 rings (SSSR count). The molecule has 15 heavy (non-hydrogen) atoms. The highest BCUT2D eigenvalue weighted by atomic mass is 79.9. The third-order valence-corrected chi connectivity index (χ3v) is 2.66. The van der Waals surface area contributed by atoms with Crippen molar-refractivity contribution in [1.82, 2.24) is 5.16 Å². The Balaban J connectivity index is 2.68. The summed E-state index contributed by atoms with van der Waals surface area (Å²) in [4.78, 5) is 0. The SMILES string of the molecule is COc1c(Br)ccc(N)c1-c1ccon1. The van der Waals surface area contributed by atoms with Gasteiger partial charge in [0.05, 0.1) is 17.1 Å². The van der Waals surface area contributed by atoms with Crippen LogP contribution in [0.25, 0.3) is 11.3 Å². The van der Waals surface area contributed by atoms with Crippen molar-refractivity contribution in [2.24, 2.45) is 0 Å². The van der Waals surface area contributed by atoms with Gasteiger partial charge in [-0.05, 0) is 28.1 Å². The van der Waals surface area contributed by atoms with Gasteiger partial charge in [-0.15, -0.1) is 0 Å². The topological polar surface area (TPSA) is 61.3 Å². The minimum Gasteiger partial charge on any atom is -0.495 e. The van der Waals surface area contributed by atoms with Gasteiger partial charge in [0.15, 0.2) is 0 Å². The maximum Gasteiger partial charge on any atom is 0.144 e. The molecule has 0 aliphatic rings. The van der Waals surface area contributed by atoms with Gasteiger partial charge >= 0.3 is 0 Å². The molecule has 2 N–H and O–H groups in total. The second-order valence-electron chi connectivity index (χ2n) is 2.93. The van der Waals surface area contributed by atoms with Gasteiger partial charge in [0, 0.05) is 11.8 Å². The molecule has 0 fully saturated rings. The van der Waals surface area contributed by atoms with Crippen molar-refractivity contribution in [3.8, 4) is 17.0 Å². The summed E-state index contributed by atoms with van der Waals surface area (Å²) in [7, 11) is 1.59. The van der Waals surface area contributed by atoms with E-state index in [1.807, 2.05) is 6.07 Å². The lowest BCUT2D eigenvalue weighted by atomic mass is 10.1. The van der Waals surface area contributed by atoms with Gasteiger partial charge in [-0.1, -0.05) is 5.16 Å². The highest BCUT2D eigenvalue weighted by molar-refractivity contribution is 9.10. The smallest absolute Gasteiger partial charge is 0.144 e. The van der Waals surface area contributed by atoms with Crippen LogP contribution in [0.3, 0.4) is 0 Å². The molecule has 0 bridgehead atoms. The van der Waals surface area contributed by atoms with Crippen LogP contribution in [0.5, 0.6) is 5.75 Å². The van der Waals surface area contributed by atoms with E-state index < -0.39 is 0 Å². The Morgan fingerprint density at radius 2 is 2.20 bits per heavy atom. The molecule has 1 heterocycles. The maximum absolute atomic E-state index is 5.87. The molecule has 1 aromatic carbocycles. The van der Waals surface area contributed by atoms with E-state index >= 15 is 0 Å². The third kappa shape index (κ3) is 1.70. The number of hydrogen-bond acceptors (Lipinski definition) is 4. The van der Waals surface area contributed by atoms with E-state index in [4.69, 9.17) is 15.0 Å². The van der Waals surface area contributed by atoms with Crippen LogP contribution in [-0.2, 0) is 0 Å². The highest BCUT2D eigenvalue weighted by Gasteiger charge is 2.15. The summed E-state index contributed by atoms with van der Waals surface area (Å²) in [6.07, 6.45) is 1.50. The lowest BCUT2D eigenvalue weighted by molar-refractivity contribution is 0.409. The van der Waals surface area contributed by atoms with Crippen molar-refractivity contribution in [2.45, 2.75) is 0 Å². The summed E-state index contributed by atoms with van der Waals surface area (Å²) in [6, 6.07) is 5.36. The zero-order valence-electron chi connectivity index (χ0n) is 8.03. The largest absolute Gasteiger partial charge is 0.495 e. The number of nitrogens with zero attached hydrogens (tertiary/aromatic N) is 1. The average molecular weight is 269 g/mol. The first kappa shape index (κ1) is 10.0. The van der Waals surface area contributed by atoms with Gasteiger partial charge in [0.25, 0.3) is 0 Å². The molecule has 0 radical (unpaired) electrons. The van der Waals surface area contributed by atoms with Crippen LogP contribution in [0.1, 0.15) is 0 Å². The van der Waals surface area contributed by atoms with Crippen LogP contribution in [0.4, 0.5) is 5.69 Å². The summed E-state index contributed by atoms with van der Waals surface area (Å²) in [5, 5.41) is 3.84. The number of benzene rings is 1.